The van der Waals surface area contributed by atoms with Gasteiger partial charge in [0, 0.05) is 22.3 Å². The summed E-state index contributed by atoms with van der Waals surface area (Å²) in [6.07, 6.45) is 0. The van der Waals surface area contributed by atoms with Gasteiger partial charge in [-0.1, -0.05) is 102 Å². The van der Waals surface area contributed by atoms with Gasteiger partial charge in [-0.25, -0.2) is 0 Å². The molecule has 0 atom stereocenters. The van der Waals surface area contributed by atoms with E-state index in [1.165, 1.54) is 0 Å². The van der Waals surface area contributed by atoms with Crippen molar-refractivity contribution in [3.05, 3.63) is 58.7 Å². The molecule has 0 bridgehead atoms. The molecule has 0 aliphatic carbocycles. The molecule has 0 spiro atoms. The van der Waals surface area contributed by atoms with E-state index in [1.807, 2.05) is 0 Å². The van der Waals surface area contributed by atoms with Crippen LogP contribution >= 0.6 is 0 Å². The Kier molecular flexibility index (Phi) is 9.34. The highest BCUT2D eigenvalue weighted by Gasteiger charge is 2.12. The first-order valence-electron chi connectivity index (χ1n) is 12.7. The van der Waals surface area contributed by atoms with Crippen LogP contribution in [0.2, 0.25) is 78.6 Å². The quantitative estimate of drug-likeness (QED) is 0.253. The van der Waals surface area contributed by atoms with E-state index in [1.54, 1.807) is 0 Å². The standard InChI is InChI=1S/C32H42Si4/c1-33(2,3)17-13-27-21-28(14-18-34(4,5)6)24-31(23-27)32-25-29(15-19-35(7,8)9)22-30(26-32)16-20-36(10,11)12/h21-26H,1-12H3. The fourth-order valence-corrected chi connectivity index (χ4v) is 4.99. The van der Waals surface area contributed by atoms with Gasteiger partial charge in [0.2, 0.25) is 0 Å². The van der Waals surface area contributed by atoms with Crippen molar-refractivity contribution in [2.75, 3.05) is 0 Å². The summed E-state index contributed by atoms with van der Waals surface area (Å²) >= 11 is 0. The fraction of sp³-hybridized carbons (Fsp3) is 0.375. The Hall–Kier alpha value is -2.45. The first-order valence-corrected chi connectivity index (χ1v) is 26.7. The molecule has 0 fully saturated rings. The molecule has 186 valence electrons. The van der Waals surface area contributed by atoms with Crippen LogP contribution in [0.5, 0.6) is 0 Å². The summed E-state index contributed by atoms with van der Waals surface area (Å²) in [6.45, 7) is 27.3. The van der Waals surface area contributed by atoms with Crippen LogP contribution in [0.15, 0.2) is 36.4 Å². The van der Waals surface area contributed by atoms with Gasteiger partial charge in [-0.2, -0.15) is 0 Å². The number of hydrogen-bond acceptors (Lipinski definition) is 0. The maximum absolute atomic E-state index is 3.53. The lowest BCUT2D eigenvalue weighted by atomic mass is 9.97. The first-order chi connectivity index (χ1) is 16.3. The van der Waals surface area contributed by atoms with Crippen LogP contribution in [-0.2, 0) is 0 Å². The van der Waals surface area contributed by atoms with Crippen LogP contribution in [0.1, 0.15) is 22.3 Å². The van der Waals surface area contributed by atoms with Crippen molar-refractivity contribution in [3.8, 4) is 57.0 Å². The molecular formula is C32H42Si4. The zero-order valence-corrected chi connectivity index (χ0v) is 28.5. The largest absolute Gasteiger partial charge is 0.129 e. The van der Waals surface area contributed by atoms with Gasteiger partial charge >= 0.3 is 0 Å². The van der Waals surface area contributed by atoms with Gasteiger partial charge < -0.3 is 0 Å². The molecule has 0 unspecified atom stereocenters. The first kappa shape index (κ1) is 29.8. The lowest BCUT2D eigenvalue weighted by Crippen LogP contribution is -2.16. The zero-order chi connectivity index (χ0) is 27.4. The van der Waals surface area contributed by atoms with Crippen LogP contribution in [0, 0.1) is 45.9 Å². The van der Waals surface area contributed by atoms with Gasteiger partial charge in [0.25, 0.3) is 0 Å². The normalized spacial score (nSPS) is 11.6. The summed E-state index contributed by atoms with van der Waals surface area (Å²) in [4.78, 5) is 0. The summed E-state index contributed by atoms with van der Waals surface area (Å²) in [6, 6.07) is 13.1. The SMILES string of the molecule is C[Si](C)(C)C#Cc1cc(C#C[Si](C)(C)C)cc(-c2cc(C#C[Si](C)(C)C)cc(C#C[Si](C)(C)C)c2)c1. The molecule has 0 aromatic heterocycles. The molecule has 0 saturated heterocycles. The molecule has 0 amide bonds. The molecule has 4 heteroatoms. The van der Waals surface area contributed by atoms with E-state index in [-0.39, 0.29) is 0 Å². The van der Waals surface area contributed by atoms with Crippen molar-refractivity contribution in [3.63, 3.8) is 0 Å². The van der Waals surface area contributed by atoms with Crippen molar-refractivity contribution >= 4 is 32.3 Å². The summed E-state index contributed by atoms with van der Waals surface area (Å²) in [7, 11) is -5.99. The highest BCUT2D eigenvalue weighted by atomic mass is 28.3. The topological polar surface area (TPSA) is 0 Å². The lowest BCUT2D eigenvalue weighted by molar-refractivity contribution is 1.53. The highest BCUT2D eigenvalue weighted by molar-refractivity contribution is 6.85. The third-order valence-electron chi connectivity index (χ3n) is 4.53. The van der Waals surface area contributed by atoms with Crippen LogP contribution in [0.4, 0.5) is 0 Å². The average Bonchev–Trinajstić information content (AvgIpc) is 2.71. The Bertz CT molecular complexity index is 1160. The Morgan fingerprint density at radius 2 is 0.528 bits per heavy atom. The molecule has 0 N–H and O–H groups in total. The van der Waals surface area contributed by atoms with E-state index < -0.39 is 32.3 Å². The monoisotopic (exact) mass is 538 g/mol. The van der Waals surface area contributed by atoms with Crippen LogP contribution < -0.4 is 0 Å². The summed E-state index contributed by atoms with van der Waals surface area (Å²) in [5, 5.41) is 0. The Morgan fingerprint density at radius 3 is 0.694 bits per heavy atom. The molecule has 0 saturated carbocycles. The number of benzene rings is 2. The molecule has 0 aliphatic rings. The van der Waals surface area contributed by atoms with Gasteiger partial charge in [-0.3, -0.25) is 0 Å². The molecule has 0 heterocycles. The average molecular weight is 539 g/mol. The second kappa shape index (κ2) is 11.3. The molecule has 2 aromatic rings. The summed E-state index contributed by atoms with van der Waals surface area (Å²) in [5.41, 5.74) is 20.5. The highest BCUT2D eigenvalue weighted by Crippen LogP contribution is 2.25. The predicted molar refractivity (Wildman–Crippen MR) is 173 cm³/mol. The molecule has 0 nitrogen and oxygen atoms in total. The number of rotatable bonds is 1. The van der Waals surface area contributed by atoms with Crippen molar-refractivity contribution in [2.45, 2.75) is 78.6 Å². The van der Waals surface area contributed by atoms with Gasteiger partial charge in [0.05, 0.1) is 0 Å². The van der Waals surface area contributed by atoms with Crippen LogP contribution in [0.3, 0.4) is 0 Å². The van der Waals surface area contributed by atoms with E-state index in [4.69, 9.17) is 0 Å². The fourth-order valence-electron chi connectivity index (χ4n) is 2.92. The predicted octanol–water partition coefficient (Wildman–Crippen LogP) is 8.27. The van der Waals surface area contributed by atoms with Gasteiger partial charge in [-0.05, 0) is 47.5 Å². The smallest absolute Gasteiger partial charge is 0.127 e. The van der Waals surface area contributed by atoms with E-state index in [9.17, 15) is 0 Å². The van der Waals surface area contributed by atoms with E-state index in [0.29, 0.717) is 0 Å². The summed E-state index contributed by atoms with van der Waals surface area (Å²) in [5.74, 6) is 13.8. The number of hydrogen-bond donors (Lipinski definition) is 0. The van der Waals surface area contributed by atoms with E-state index in [0.717, 1.165) is 33.4 Å². The van der Waals surface area contributed by atoms with Crippen molar-refractivity contribution in [1.82, 2.24) is 0 Å². The minimum absolute atomic E-state index is 1.03. The van der Waals surface area contributed by atoms with Gasteiger partial charge in [0.15, 0.2) is 0 Å². The molecule has 36 heavy (non-hydrogen) atoms. The van der Waals surface area contributed by atoms with Crippen molar-refractivity contribution in [2.24, 2.45) is 0 Å². The second-order valence-corrected chi connectivity index (χ2v) is 32.6. The van der Waals surface area contributed by atoms with Crippen molar-refractivity contribution < 1.29 is 0 Å². The Balaban J connectivity index is 2.80. The zero-order valence-electron chi connectivity index (χ0n) is 24.5. The molecular weight excluding hydrogens is 497 g/mol. The Morgan fingerprint density at radius 1 is 0.333 bits per heavy atom. The maximum atomic E-state index is 3.53. The third-order valence-corrected chi connectivity index (χ3v) is 8.03. The van der Waals surface area contributed by atoms with Crippen LogP contribution in [-0.4, -0.2) is 32.3 Å². The molecule has 2 aromatic carbocycles. The minimum Gasteiger partial charge on any atom is -0.127 e. The third kappa shape index (κ3) is 12.0. The lowest BCUT2D eigenvalue weighted by Gasteiger charge is -2.09. The van der Waals surface area contributed by atoms with E-state index in [2.05, 4.69) is 161 Å². The van der Waals surface area contributed by atoms with Crippen LogP contribution in [0.25, 0.3) is 11.1 Å². The van der Waals surface area contributed by atoms with Gasteiger partial charge in [-0.15, -0.1) is 22.2 Å². The second-order valence-electron chi connectivity index (χ2n) is 13.6. The minimum atomic E-state index is -1.50. The van der Waals surface area contributed by atoms with Gasteiger partial charge in [0.1, 0.15) is 32.3 Å². The van der Waals surface area contributed by atoms with Crippen molar-refractivity contribution in [1.29, 1.82) is 0 Å². The summed E-state index contributed by atoms with van der Waals surface area (Å²) < 4.78 is 0. The van der Waals surface area contributed by atoms with E-state index >= 15 is 0 Å². The Labute approximate surface area is 225 Å². The molecule has 0 aliphatic heterocycles. The molecule has 2 rings (SSSR count). The maximum Gasteiger partial charge on any atom is 0.129 e. The molecule has 0 radical (unpaired) electrons.